The van der Waals surface area contributed by atoms with Crippen LogP contribution < -0.4 is 10.5 Å². The lowest BCUT2D eigenvalue weighted by Gasteiger charge is -2.12. The van der Waals surface area contributed by atoms with E-state index in [0.717, 1.165) is 12.1 Å². The zero-order valence-corrected chi connectivity index (χ0v) is 8.26. The topological polar surface area (TPSA) is 72.5 Å². The van der Waals surface area contributed by atoms with Gasteiger partial charge in [-0.1, -0.05) is 11.6 Å². The summed E-state index contributed by atoms with van der Waals surface area (Å²) in [7, 11) is 0. The van der Waals surface area contributed by atoms with Crippen LogP contribution in [0.2, 0.25) is 5.02 Å². The summed E-state index contributed by atoms with van der Waals surface area (Å²) in [4.78, 5) is 10.6. The number of carboxylic acid groups (broad SMARTS) is 1. The van der Waals surface area contributed by atoms with E-state index in [0.29, 0.717) is 0 Å². The number of carbonyl (C=O) groups is 1. The van der Waals surface area contributed by atoms with Crippen LogP contribution in [0, 0.1) is 0 Å². The average Bonchev–Trinajstić information content (AvgIpc) is 2.07. The van der Waals surface area contributed by atoms with Gasteiger partial charge in [-0.25, -0.2) is 4.79 Å². The summed E-state index contributed by atoms with van der Waals surface area (Å²) in [5.74, 6) is -2.33. The summed E-state index contributed by atoms with van der Waals surface area (Å²) in [5.41, 5.74) is 4.02. The minimum absolute atomic E-state index is 0.217. The summed E-state index contributed by atoms with van der Waals surface area (Å²) < 4.78 is 39.3. The summed E-state index contributed by atoms with van der Waals surface area (Å²) in [6.07, 6.45) is -4.96. The number of aromatic carboxylic acids is 1. The molecule has 8 heteroatoms. The van der Waals surface area contributed by atoms with Crippen molar-refractivity contribution in [1.82, 2.24) is 0 Å². The molecule has 4 nitrogen and oxygen atoms in total. The lowest BCUT2D eigenvalue weighted by molar-refractivity contribution is -0.274. The van der Waals surface area contributed by atoms with Crippen LogP contribution in [0.4, 0.5) is 18.9 Å². The third-order valence-electron chi connectivity index (χ3n) is 1.56. The normalized spacial score (nSPS) is 11.2. The molecule has 1 rings (SSSR count). The molecule has 0 amide bonds. The molecule has 0 aliphatic heterocycles. The fraction of sp³-hybridized carbons (Fsp3) is 0.125. The number of nitrogens with two attached hydrogens (primary N) is 1. The Labute approximate surface area is 92.4 Å². The van der Waals surface area contributed by atoms with Crippen molar-refractivity contribution in [1.29, 1.82) is 0 Å². The Morgan fingerprint density at radius 1 is 1.44 bits per heavy atom. The van der Waals surface area contributed by atoms with Gasteiger partial charge < -0.3 is 15.6 Å². The van der Waals surface area contributed by atoms with Crippen molar-refractivity contribution in [3.05, 3.63) is 22.7 Å². The smallest absolute Gasteiger partial charge is 0.478 e. The van der Waals surface area contributed by atoms with Gasteiger partial charge in [0.15, 0.2) is 5.75 Å². The van der Waals surface area contributed by atoms with E-state index >= 15 is 0 Å². The molecule has 0 saturated heterocycles. The van der Waals surface area contributed by atoms with Gasteiger partial charge in [-0.05, 0) is 6.07 Å². The van der Waals surface area contributed by atoms with E-state index in [1.807, 2.05) is 0 Å². The Kier molecular flexibility index (Phi) is 3.18. The number of carboxylic acids is 1. The highest BCUT2D eigenvalue weighted by atomic mass is 35.5. The Morgan fingerprint density at radius 2 is 2.00 bits per heavy atom. The molecule has 0 unspecified atom stereocenters. The first-order valence-electron chi connectivity index (χ1n) is 3.79. The van der Waals surface area contributed by atoms with Crippen molar-refractivity contribution in [3.8, 4) is 5.75 Å². The molecule has 3 N–H and O–H groups in total. The van der Waals surface area contributed by atoms with E-state index < -0.39 is 29.3 Å². The van der Waals surface area contributed by atoms with Crippen LogP contribution in [0.3, 0.4) is 0 Å². The van der Waals surface area contributed by atoms with Gasteiger partial charge >= 0.3 is 12.3 Å². The minimum atomic E-state index is -4.96. The highest BCUT2D eigenvalue weighted by Crippen LogP contribution is 2.33. The highest BCUT2D eigenvalue weighted by molar-refractivity contribution is 6.31. The van der Waals surface area contributed by atoms with E-state index in [4.69, 9.17) is 22.4 Å². The molecule has 0 atom stereocenters. The first kappa shape index (κ1) is 12.4. The molecule has 0 heterocycles. The largest absolute Gasteiger partial charge is 0.573 e. The van der Waals surface area contributed by atoms with Gasteiger partial charge in [-0.15, -0.1) is 13.2 Å². The summed E-state index contributed by atoms with van der Waals surface area (Å²) in [6.45, 7) is 0. The zero-order valence-electron chi connectivity index (χ0n) is 7.51. The predicted octanol–water partition coefficient (Wildman–Crippen LogP) is 2.52. The quantitative estimate of drug-likeness (QED) is 0.797. The number of benzene rings is 1. The fourth-order valence-corrected chi connectivity index (χ4v) is 1.19. The van der Waals surface area contributed by atoms with Crippen LogP contribution in [0.15, 0.2) is 12.1 Å². The van der Waals surface area contributed by atoms with Crippen LogP contribution in [0.25, 0.3) is 0 Å². The second-order valence-electron chi connectivity index (χ2n) is 2.72. The monoisotopic (exact) mass is 255 g/mol. The van der Waals surface area contributed by atoms with Crippen molar-refractivity contribution < 1.29 is 27.8 Å². The maximum Gasteiger partial charge on any atom is 0.573 e. The van der Waals surface area contributed by atoms with Crippen molar-refractivity contribution in [2.45, 2.75) is 6.36 Å². The molecule has 0 aliphatic carbocycles. The summed E-state index contributed by atoms with van der Waals surface area (Å²) in [5, 5.41) is 8.42. The molecule has 16 heavy (non-hydrogen) atoms. The van der Waals surface area contributed by atoms with E-state index in [9.17, 15) is 18.0 Å². The van der Waals surface area contributed by atoms with Crippen molar-refractivity contribution in [2.75, 3.05) is 5.73 Å². The number of nitrogen functional groups attached to an aromatic ring is 1. The molecule has 88 valence electrons. The number of halogens is 4. The van der Waals surface area contributed by atoms with Gasteiger partial charge in [0.05, 0.1) is 11.3 Å². The number of alkyl halides is 3. The molecule has 0 spiro atoms. The first-order valence-corrected chi connectivity index (χ1v) is 4.16. The lowest BCUT2D eigenvalue weighted by Crippen LogP contribution is -2.19. The number of hydrogen-bond acceptors (Lipinski definition) is 3. The molecule has 0 saturated carbocycles. The van der Waals surface area contributed by atoms with Crippen LogP contribution in [0.5, 0.6) is 5.75 Å². The van der Waals surface area contributed by atoms with Crippen LogP contribution >= 0.6 is 11.6 Å². The molecular formula is C8H5ClF3NO3. The third kappa shape index (κ3) is 2.93. The van der Waals surface area contributed by atoms with Gasteiger partial charge in [0.2, 0.25) is 0 Å². The van der Waals surface area contributed by atoms with Crippen LogP contribution in [-0.4, -0.2) is 17.4 Å². The van der Waals surface area contributed by atoms with E-state index in [1.54, 1.807) is 0 Å². The molecule has 0 aliphatic rings. The zero-order chi connectivity index (χ0) is 12.5. The SMILES string of the molecule is Nc1c(OC(F)(F)F)cc(Cl)cc1C(=O)O. The first-order chi connectivity index (χ1) is 7.20. The number of hydrogen-bond donors (Lipinski definition) is 2. The van der Waals surface area contributed by atoms with Gasteiger partial charge in [0.25, 0.3) is 0 Å². The Bertz CT molecular complexity index is 433. The highest BCUT2D eigenvalue weighted by Gasteiger charge is 2.33. The van der Waals surface area contributed by atoms with Crippen LogP contribution in [0.1, 0.15) is 10.4 Å². The second-order valence-corrected chi connectivity index (χ2v) is 3.15. The number of anilines is 1. The van der Waals surface area contributed by atoms with Gasteiger partial charge in [-0.2, -0.15) is 0 Å². The maximum absolute atomic E-state index is 11.9. The lowest BCUT2D eigenvalue weighted by atomic mass is 10.1. The summed E-state index contributed by atoms with van der Waals surface area (Å²) >= 11 is 5.43. The maximum atomic E-state index is 11.9. The predicted molar refractivity (Wildman–Crippen MR) is 49.5 cm³/mol. The van der Waals surface area contributed by atoms with Gasteiger partial charge in [-0.3, -0.25) is 0 Å². The molecular weight excluding hydrogens is 251 g/mol. The Hall–Kier alpha value is -1.63. The Morgan fingerprint density at radius 3 is 2.44 bits per heavy atom. The van der Waals surface area contributed by atoms with Gasteiger partial charge in [0, 0.05) is 11.1 Å². The van der Waals surface area contributed by atoms with E-state index in [2.05, 4.69) is 4.74 Å². The average molecular weight is 256 g/mol. The molecule has 0 fully saturated rings. The van der Waals surface area contributed by atoms with Crippen molar-refractivity contribution in [3.63, 3.8) is 0 Å². The molecule has 0 aromatic heterocycles. The molecule has 0 bridgehead atoms. The third-order valence-corrected chi connectivity index (χ3v) is 1.78. The standard InChI is InChI=1S/C8H5ClF3NO3/c9-3-1-4(7(14)15)6(13)5(2-3)16-8(10,11)12/h1-2H,13H2,(H,14,15). The molecule has 1 aromatic rings. The van der Waals surface area contributed by atoms with Crippen LogP contribution in [-0.2, 0) is 0 Å². The summed E-state index contributed by atoms with van der Waals surface area (Å²) in [6, 6.07) is 1.72. The van der Waals surface area contributed by atoms with E-state index in [1.165, 1.54) is 0 Å². The van der Waals surface area contributed by atoms with Gasteiger partial charge in [0.1, 0.15) is 0 Å². The second kappa shape index (κ2) is 4.09. The Balaban J connectivity index is 3.25. The molecule has 1 aromatic carbocycles. The number of rotatable bonds is 2. The fourth-order valence-electron chi connectivity index (χ4n) is 0.979. The minimum Gasteiger partial charge on any atom is -0.478 e. The number of ether oxygens (including phenoxy) is 1. The van der Waals surface area contributed by atoms with Crippen molar-refractivity contribution >= 4 is 23.3 Å². The van der Waals surface area contributed by atoms with E-state index in [-0.39, 0.29) is 5.02 Å². The van der Waals surface area contributed by atoms with Crippen molar-refractivity contribution in [2.24, 2.45) is 0 Å². The molecule has 0 radical (unpaired) electrons.